The maximum Gasteiger partial charge on any atom is 0.229 e. The van der Waals surface area contributed by atoms with E-state index >= 15 is 0 Å². The molecule has 29 heavy (non-hydrogen) atoms. The number of rotatable bonds is 6. The molecule has 2 atom stereocenters. The van der Waals surface area contributed by atoms with E-state index in [1.54, 1.807) is 12.4 Å². The van der Waals surface area contributed by atoms with Crippen molar-refractivity contribution in [3.8, 4) is 0 Å². The van der Waals surface area contributed by atoms with Crippen LogP contribution in [0.5, 0.6) is 0 Å². The van der Waals surface area contributed by atoms with Gasteiger partial charge in [0.1, 0.15) is 0 Å². The van der Waals surface area contributed by atoms with Crippen molar-refractivity contribution in [2.75, 3.05) is 31.1 Å². The number of aromatic nitrogens is 4. The number of piperidine rings is 1. The highest BCUT2D eigenvalue weighted by Crippen LogP contribution is 2.44. The van der Waals surface area contributed by atoms with Crippen molar-refractivity contribution < 1.29 is 4.79 Å². The van der Waals surface area contributed by atoms with Crippen molar-refractivity contribution in [3.63, 3.8) is 0 Å². The third kappa shape index (κ3) is 3.61. The standard InChI is InChI=1S/C21H29N7O/c1-26-12-17(11-25-26)13-27-14-18-21(15-27,19(29)24-10-16-4-5-16)6-2-9-28(18)20-22-7-3-8-23-20/h3,7-8,11-12,16,18H,2,4-6,9-10,13-15H2,1H3,(H,24,29)/t18-,21-/m1/s1. The molecule has 0 bridgehead atoms. The number of nitrogens with zero attached hydrogens (tertiary/aromatic N) is 6. The molecule has 0 unspecified atom stereocenters. The summed E-state index contributed by atoms with van der Waals surface area (Å²) in [5.74, 6) is 1.63. The van der Waals surface area contributed by atoms with Crippen molar-refractivity contribution in [2.24, 2.45) is 18.4 Å². The van der Waals surface area contributed by atoms with Crippen molar-refractivity contribution in [1.29, 1.82) is 0 Å². The van der Waals surface area contributed by atoms with Gasteiger partial charge < -0.3 is 10.2 Å². The van der Waals surface area contributed by atoms with Gasteiger partial charge in [-0.25, -0.2) is 9.97 Å². The predicted octanol–water partition coefficient (Wildman–Crippen LogP) is 1.21. The Morgan fingerprint density at radius 1 is 1.31 bits per heavy atom. The van der Waals surface area contributed by atoms with E-state index in [4.69, 9.17) is 0 Å². The molecular formula is C21H29N7O. The quantitative estimate of drug-likeness (QED) is 0.792. The second-order valence-electron chi connectivity index (χ2n) is 8.86. The second-order valence-corrected chi connectivity index (χ2v) is 8.86. The normalized spacial score (nSPS) is 27.1. The van der Waals surface area contributed by atoms with E-state index in [1.165, 1.54) is 18.4 Å². The molecule has 2 saturated heterocycles. The Balaban J connectivity index is 1.41. The molecule has 5 rings (SSSR count). The van der Waals surface area contributed by atoms with Crippen LogP contribution < -0.4 is 10.2 Å². The van der Waals surface area contributed by atoms with Crippen LogP contribution in [0.4, 0.5) is 5.95 Å². The Labute approximate surface area is 171 Å². The van der Waals surface area contributed by atoms with Crippen LogP contribution in [0.2, 0.25) is 0 Å². The maximum absolute atomic E-state index is 13.5. The minimum atomic E-state index is -0.408. The zero-order valence-corrected chi connectivity index (χ0v) is 17.0. The molecule has 8 nitrogen and oxygen atoms in total. The Morgan fingerprint density at radius 3 is 2.86 bits per heavy atom. The minimum Gasteiger partial charge on any atom is -0.355 e. The average molecular weight is 396 g/mol. The number of amides is 1. The second kappa shape index (κ2) is 7.40. The number of hydrogen-bond donors (Lipinski definition) is 1. The number of aryl methyl sites for hydroxylation is 1. The Kier molecular flexibility index (Phi) is 4.73. The summed E-state index contributed by atoms with van der Waals surface area (Å²) in [6, 6.07) is 1.93. The summed E-state index contributed by atoms with van der Waals surface area (Å²) in [5.41, 5.74) is 0.774. The van der Waals surface area contributed by atoms with Gasteiger partial charge in [0, 0.05) is 63.9 Å². The maximum atomic E-state index is 13.5. The van der Waals surface area contributed by atoms with Crippen LogP contribution in [0, 0.1) is 11.3 Å². The molecule has 3 fully saturated rings. The highest BCUT2D eigenvalue weighted by molar-refractivity contribution is 5.85. The van der Waals surface area contributed by atoms with E-state index in [2.05, 4.69) is 36.4 Å². The Hall–Kier alpha value is -2.48. The number of likely N-dealkylation sites (tertiary alicyclic amines) is 1. The van der Waals surface area contributed by atoms with Crippen LogP contribution in [0.15, 0.2) is 30.9 Å². The molecule has 3 aliphatic rings. The summed E-state index contributed by atoms with van der Waals surface area (Å²) < 4.78 is 1.83. The van der Waals surface area contributed by atoms with E-state index < -0.39 is 5.41 Å². The largest absolute Gasteiger partial charge is 0.355 e. The molecular weight excluding hydrogens is 366 g/mol. The van der Waals surface area contributed by atoms with E-state index in [9.17, 15) is 4.79 Å². The molecule has 1 saturated carbocycles. The molecule has 0 spiro atoms. The highest BCUT2D eigenvalue weighted by atomic mass is 16.2. The fourth-order valence-electron chi connectivity index (χ4n) is 5.03. The lowest BCUT2D eigenvalue weighted by Gasteiger charge is -2.44. The van der Waals surface area contributed by atoms with Gasteiger partial charge in [-0.05, 0) is 37.7 Å². The van der Waals surface area contributed by atoms with Gasteiger partial charge in [-0.15, -0.1) is 0 Å². The van der Waals surface area contributed by atoms with Crippen molar-refractivity contribution in [1.82, 2.24) is 30.0 Å². The van der Waals surface area contributed by atoms with E-state index in [-0.39, 0.29) is 11.9 Å². The Bertz CT molecular complexity index is 865. The first kappa shape index (κ1) is 18.5. The van der Waals surface area contributed by atoms with Crippen molar-refractivity contribution in [2.45, 2.75) is 38.3 Å². The van der Waals surface area contributed by atoms with Crippen LogP contribution >= 0.6 is 0 Å². The summed E-state index contributed by atoms with van der Waals surface area (Å²) in [7, 11) is 1.94. The highest BCUT2D eigenvalue weighted by Gasteiger charge is 2.56. The Morgan fingerprint density at radius 2 is 2.14 bits per heavy atom. The number of fused-ring (bicyclic) bond motifs is 1. The lowest BCUT2D eigenvalue weighted by atomic mass is 9.74. The van der Waals surface area contributed by atoms with Gasteiger partial charge in [0.15, 0.2) is 0 Å². The monoisotopic (exact) mass is 395 g/mol. The predicted molar refractivity (Wildman–Crippen MR) is 109 cm³/mol. The smallest absolute Gasteiger partial charge is 0.229 e. The van der Waals surface area contributed by atoms with E-state index in [0.29, 0.717) is 5.92 Å². The molecule has 1 amide bonds. The van der Waals surface area contributed by atoms with Gasteiger partial charge >= 0.3 is 0 Å². The molecule has 8 heteroatoms. The molecule has 4 heterocycles. The van der Waals surface area contributed by atoms with E-state index in [1.807, 2.05) is 24.0 Å². The molecule has 1 N–H and O–H groups in total. The summed E-state index contributed by atoms with van der Waals surface area (Å²) >= 11 is 0. The fourth-order valence-corrected chi connectivity index (χ4v) is 5.03. The molecule has 154 valence electrons. The van der Waals surface area contributed by atoms with Gasteiger partial charge in [0.25, 0.3) is 0 Å². The number of carbonyl (C=O) groups excluding carboxylic acids is 1. The fraction of sp³-hybridized carbons (Fsp3) is 0.619. The first-order valence-electron chi connectivity index (χ1n) is 10.7. The van der Waals surface area contributed by atoms with Crippen molar-refractivity contribution in [3.05, 3.63) is 36.4 Å². The summed E-state index contributed by atoms with van der Waals surface area (Å²) in [5, 5.41) is 7.59. The van der Waals surface area contributed by atoms with Crippen LogP contribution in [0.25, 0.3) is 0 Å². The number of hydrogen-bond acceptors (Lipinski definition) is 6. The average Bonchev–Trinajstić information content (AvgIpc) is 3.36. The lowest BCUT2D eigenvalue weighted by Crippen LogP contribution is -2.59. The van der Waals surface area contributed by atoms with Crippen LogP contribution in [0.3, 0.4) is 0 Å². The molecule has 2 aliphatic heterocycles. The SMILES string of the molecule is Cn1cc(CN2C[C@H]3N(c4ncccn4)CCC[C@@]3(C(=O)NCC3CC3)C2)cn1. The van der Waals surface area contributed by atoms with Crippen molar-refractivity contribution >= 4 is 11.9 Å². The van der Waals surface area contributed by atoms with Gasteiger partial charge in [-0.3, -0.25) is 14.4 Å². The first-order valence-corrected chi connectivity index (χ1v) is 10.7. The van der Waals surface area contributed by atoms with Crippen LogP contribution in [-0.4, -0.2) is 62.8 Å². The summed E-state index contributed by atoms with van der Waals surface area (Å²) in [6.45, 7) is 4.13. The molecule has 0 aromatic carbocycles. The zero-order chi connectivity index (χ0) is 19.8. The van der Waals surface area contributed by atoms with E-state index in [0.717, 1.165) is 51.5 Å². The summed E-state index contributed by atoms with van der Waals surface area (Å²) in [4.78, 5) is 27.2. The first-order chi connectivity index (χ1) is 14.1. The molecule has 2 aromatic heterocycles. The third-order valence-electron chi connectivity index (χ3n) is 6.65. The number of carbonyl (C=O) groups is 1. The molecule has 1 aliphatic carbocycles. The van der Waals surface area contributed by atoms with Crippen LogP contribution in [0.1, 0.15) is 31.2 Å². The topological polar surface area (TPSA) is 79.2 Å². The molecule has 0 radical (unpaired) electrons. The van der Waals surface area contributed by atoms with Gasteiger partial charge in [0.2, 0.25) is 11.9 Å². The summed E-state index contributed by atoms with van der Waals surface area (Å²) in [6.07, 6.45) is 11.9. The van der Waals surface area contributed by atoms with Gasteiger partial charge in [-0.1, -0.05) is 0 Å². The van der Waals surface area contributed by atoms with Crippen LogP contribution in [-0.2, 0) is 18.4 Å². The minimum absolute atomic E-state index is 0.0922. The number of nitrogens with one attached hydrogen (secondary N) is 1. The zero-order valence-electron chi connectivity index (χ0n) is 17.0. The molecule has 2 aromatic rings. The van der Waals surface area contributed by atoms with Gasteiger partial charge in [-0.2, -0.15) is 5.10 Å². The number of anilines is 1. The lowest BCUT2D eigenvalue weighted by molar-refractivity contribution is -0.132. The third-order valence-corrected chi connectivity index (χ3v) is 6.65. The van der Waals surface area contributed by atoms with Gasteiger partial charge in [0.05, 0.1) is 17.7 Å².